The molecule has 5 aliphatic rings. The van der Waals surface area contributed by atoms with E-state index >= 15 is 0 Å². The fourth-order valence-corrected chi connectivity index (χ4v) is 8.62. The summed E-state index contributed by atoms with van der Waals surface area (Å²) in [6.07, 6.45) is 2.25. The molecule has 0 bridgehead atoms. The first-order valence-corrected chi connectivity index (χ1v) is 19.0. The maximum absolute atomic E-state index is 14.4. The predicted molar refractivity (Wildman–Crippen MR) is 176 cm³/mol. The molecule has 1 aromatic rings. The summed E-state index contributed by atoms with van der Waals surface area (Å²) in [5.74, 6) is -2.78. The fraction of sp³-hybridized carbons (Fsp3) is 0.676. The van der Waals surface area contributed by atoms with E-state index in [0.29, 0.717) is 36.8 Å². The zero-order chi connectivity index (χ0) is 36.0. The lowest BCUT2D eigenvalue weighted by Crippen LogP contribution is -2.58. The molecule has 2 saturated carbocycles. The molecule has 5 amide bonds. The second-order valence-electron chi connectivity index (χ2n) is 15.2. The van der Waals surface area contributed by atoms with Gasteiger partial charge in [-0.1, -0.05) is 37.8 Å². The Morgan fingerprint density at radius 3 is 2.42 bits per heavy atom. The van der Waals surface area contributed by atoms with Gasteiger partial charge >= 0.3 is 12.2 Å². The number of benzene rings is 1. The van der Waals surface area contributed by atoms with Crippen molar-refractivity contribution in [2.24, 2.45) is 5.92 Å². The lowest BCUT2D eigenvalue weighted by molar-refractivity contribution is -0.141. The normalized spacial score (nSPS) is 28.7. The van der Waals surface area contributed by atoms with Gasteiger partial charge in [-0.2, -0.15) is 0 Å². The van der Waals surface area contributed by atoms with E-state index < -0.39 is 80.3 Å². The second-order valence-corrected chi connectivity index (χ2v) is 17.2. The van der Waals surface area contributed by atoms with Crippen molar-refractivity contribution >= 4 is 39.9 Å². The van der Waals surface area contributed by atoms with Crippen molar-refractivity contribution in [3.8, 4) is 0 Å². The summed E-state index contributed by atoms with van der Waals surface area (Å²) >= 11 is 0. The van der Waals surface area contributed by atoms with Crippen molar-refractivity contribution in [3.63, 3.8) is 0 Å². The van der Waals surface area contributed by atoms with Crippen LogP contribution in [0.25, 0.3) is 0 Å². The van der Waals surface area contributed by atoms with Crippen LogP contribution in [0.15, 0.2) is 18.2 Å². The van der Waals surface area contributed by atoms with Crippen LogP contribution in [0.2, 0.25) is 0 Å². The van der Waals surface area contributed by atoms with Crippen molar-refractivity contribution in [1.29, 1.82) is 0 Å². The van der Waals surface area contributed by atoms with Crippen LogP contribution < -0.4 is 15.4 Å². The van der Waals surface area contributed by atoms with E-state index in [2.05, 4.69) is 15.4 Å². The number of sulfonamides is 1. The van der Waals surface area contributed by atoms with E-state index in [1.807, 2.05) is 0 Å². The van der Waals surface area contributed by atoms with Gasteiger partial charge in [0.05, 0.1) is 18.3 Å². The summed E-state index contributed by atoms with van der Waals surface area (Å²) in [6.45, 7) is 5.05. The van der Waals surface area contributed by atoms with Gasteiger partial charge in [0.2, 0.25) is 21.8 Å². The number of halogens is 1. The molecule has 0 aromatic heterocycles. The number of fused-ring (bicyclic) bond motifs is 3. The molecule has 0 unspecified atom stereocenters. The van der Waals surface area contributed by atoms with E-state index in [4.69, 9.17) is 9.47 Å². The molecule has 0 radical (unpaired) electrons. The third-order valence-electron chi connectivity index (χ3n) is 10.1. The Bertz CT molecular complexity index is 1660. The number of hydrogen-bond acceptors (Lipinski definition) is 9. The van der Waals surface area contributed by atoms with Crippen LogP contribution in [0, 0.1) is 11.7 Å². The largest absolute Gasteiger partial charge is 0.444 e. The first-order chi connectivity index (χ1) is 23.6. The molecule has 14 nitrogen and oxygen atoms in total. The van der Waals surface area contributed by atoms with Gasteiger partial charge < -0.3 is 25.0 Å². The van der Waals surface area contributed by atoms with Crippen LogP contribution in [0.3, 0.4) is 0 Å². The fourth-order valence-electron chi connectivity index (χ4n) is 7.25. The zero-order valence-corrected chi connectivity index (χ0v) is 29.5. The lowest BCUT2D eigenvalue weighted by Gasteiger charge is -2.30. The van der Waals surface area contributed by atoms with Gasteiger partial charge in [0.1, 0.15) is 35.1 Å². The van der Waals surface area contributed by atoms with Gasteiger partial charge in [-0.25, -0.2) is 22.4 Å². The van der Waals surface area contributed by atoms with Gasteiger partial charge in [-0.15, -0.1) is 0 Å². The molecule has 274 valence electrons. The SMILES string of the molecule is CC(C)(C)OC(=O)N[C@@H]1CCCCCC[C@@H]2C[C@@]2(C(=O)NS(=O)(=O)C2CC2)NC(=O)[C@@H]2C[C@@H](OC(=O)N3Cc4cccc(F)c4C3)CN2C1=O. The minimum atomic E-state index is -3.89. The third kappa shape index (κ3) is 7.84. The Hall–Kier alpha value is -3.95. The Morgan fingerprint density at radius 1 is 1.02 bits per heavy atom. The first-order valence-electron chi connectivity index (χ1n) is 17.5. The summed E-state index contributed by atoms with van der Waals surface area (Å²) in [4.78, 5) is 70.6. The number of amides is 5. The molecular formula is C34H46FN5O9S. The highest BCUT2D eigenvalue weighted by Gasteiger charge is 2.62. The number of carbonyl (C=O) groups excluding carboxylic acids is 5. The number of nitrogens with zero attached hydrogens (tertiary/aromatic N) is 2. The minimum Gasteiger partial charge on any atom is -0.444 e. The Balaban J connectivity index is 1.23. The van der Waals surface area contributed by atoms with E-state index in [1.54, 1.807) is 32.9 Å². The summed E-state index contributed by atoms with van der Waals surface area (Å²) in [7, 11) is -3.89. The van der Waals surface area contributed by atoms with E-state index in [1.165, 1.54) is 15.9 Å². The topological polar surface area (TPSA) is 181 Å². The second kappa shape index (κ2) is 13.6. The molecule has 3 N–H and O–H groups in total. The molecule has 5 atom stereocenters. The minimum absolute atomic E-state index is 0.00475. The van der Waals surface area contributed by atoms with Gasteiger partial charge in [0.15, 0.2) is 0 Å². The highest BCUT2D eigenvalue weighted by Crippen LogP contribution is 2.48. The molecule has 16 heteroatoms. The summed E-state index contributed by atoms with van der Waals surface area (Å²) in [6, 6.07) is 2.35. The van der Waals surface area contributed by atoms with Crippen LogP contribution in [-0.4, -0.2) is 89.2 Å². The van der Waals surface area contributed by atoms with Crippen LogP contribution in [0.5, 0.6) is 0 Å². The maximum atomic E-state index is 14.4. The quantitative estimate of drug-likeness (QED) is 0.413. The molecule has 3 aliphatic heterocycles. The number of nitrogens with one attached hydrogen (secondary N) is 3. The summed E-state index contributed by atoms with van der Waals surface area (Å²) in [5.41, 5.74) is -1.25. The monoisotopic (exact) mass is 719 g/mol. The summed E-state index contributed by atoms with van der Waals surface area (Å²) < 4.78 is 53.2. The van der Waals surface area contributed by atoms with Gasteiger partial charge in [0.25, 0.3) is 5.91 Å². The standard InChI is InChI=1S/C34H46FN5O9S/c1-33(2,3)49-31(44)36-26-12-7-5-4-6-10-21-16-34(21,30(43)38-50(46,47)23-13-14-23)37-28(41)27-15-22(18-40(27)29(26)42)48-32(45)39-17-20-9-8-11-25(35)24(20)19-39/h8-9,11,21-23,26-27H,4-7,10,12-19H2,1-3H3,(H,36,44)(H,37,41)(H,38,43)/t21-,22-,26-,27+,34-/m1/s1. The third-order valence-corrected chi connectivity index (χ3v) is 12.0. The Morgan fingerprint density at radius 2 is 1.74 bits per heavy atom. The van der Waals surface area contributed by atoms with Crippen molar-refractivity contribution in [2.45, 2.75) is 133 Å². The molecule has 1 aromatic carbocycles. The van der Waals surface area contributed by atoms with Gasteiger partial charge in [-0.3, -0.25) is 24.0 Å². The average Bonchev–Trinajstić information content (AvgIpc) is 3.91. The first kappa shape index (κ1) is 35.9. The molecule has 3 heterocycles. The number of ether oxygens (including phenoxy) is 2. The molecule has 2 saturated heterocycles. The Labute approximate surface area is 291 Å². The molecule has 2 aliphatic carbocycles. The van der Waals surface area contributed by atoms with Crippen LogP contribution >= 0.6 is 0 Å². The molecule has 4 fully saturated rings. The number of carbonyl (C=O) groups is 5. The Kier molecular flexibility index (Phi) is 9.78. The van der Waals surface area contributed by atoms with Crippen LogP contribution in [-0.2, 0) is 47.0 Å². The van der Waals surface area contributed by atoms with E-state index in [9.17, 15) is 36.8 Å². The number of hydrogen-bond donors (Lipinski definition) is 3. The van der Waals surface area contributed by atoms with Crippen LogP contribution in [0.4, 0.5) is 14.0 Å². The average molecular weight is 720 g/mol. The zero-order valence-electron chi connectivity index (χ0n) is 28.7. The lowest BCUT2D eigenvalue weighted by atomic mass is 10.0. The van der Waals surface area contributed by atoms with Crippen molar-refractivity contribution in [3.05, 3.63) is 35.1 Å². The molecular weight excluding hydrogens is 673 g/mol. The summed E-state index contributed by atoms with van der Waals surface area (Å²) in [5, 5.41) is 4.84. The predicted octanol–water partition coefficient (Wildman–Crippen LogP) is 2.98. The van der Waals surface area contributed by atoms with E-state index in [-0.39, 0.29) is 44.8 Å². The van der Waals surface area contributed by atoms with Crippen molar-refractivity contribution in [1.82, 2.24) is 25.2 Å². The van der Waals surface area contributed by atoms with E-state index in [0.717, 1.165) is 19.3 Å². The van der Waals surface area contributed by atoms with Gasteiger partial charge in [-0.05, 0) is 70.4 Å². The molecule has 6 rings (SSSR count). The maximum Gasteiger partial charge on any atom is 0.410 e. The number of rotatable bonds is 5. The number of alkyl carbamates (subject to hydrolysis) is 1. The highest BCUT2D eigenvalue weighted by molar-refractivity contribution is 7.91. The highest BCUT2D eigenvalue weighted by atomic mass is 32.2. The van der Waals surface area contributed by atoms with Gasteiger partial charge in [0, 0.05) is 18.5 Å². The smallest absolute Gasteiger partial charge is 0.410 e. The molecule has 50 heavy (non-hydrogen) atoms. The van der Waals surface area contributed by atoms with Crippen LogP contribution in [0.1, 0.15) is 96.1 Å². The molecule has 0 spiro atoms. The van der Waals surface area contributed by atoms with Crippen molar-refractivity contribution in [2.75, 3.05) is 6.54 Å². The van der Waals surface area contributed by atoms with Crippen molar-refractivity contribution < 1.29 is 46.3 Å².